The topological polar surface area (TPSA) is 163 Å². The molecular weight excluding hydrogens is 1400 g/mol. The van der Waals surface area contributed by atoms with E-state index in [2.05, 4.69) is 137 Å². The zero-order valence-corrected chi connectivity index (χ0v) is 46.4. The van der Waals surface area contributed by atoms with Crippen LogP contribution in [0.5, 0.6) is 23.0 Å². The fourth-order valence-electron chi connectivity index (χ4n) is 6.75. The minimum atomic E-state index is -0.746. The average molecular weight is 1420 g/mol. The van der Waals surface area contributed by atoms with E-state index in [1.54, 1.807) is 121 Å². The van der Waals surface area contributed by atoms with E-state index in [-0.39, 0.29) is 108 Å². The molecule has 12 nitrogen and oxygen atoms in total. The molecule has 0 spiro atoms. The van der Waals surface area contributed by atoms with Gasteiger partial charge in [-0.1, -0.05) is 72.8 Å². The third kappa shape index (κ3) is 9.21. The maximum atomic E-state index is 14.1. The number of esters is 4. The fraction of sp³-hybridized carbons (Fsp3) is 0. The highest BCUT2D eigenvalue weighted by molar-refractivity contribution is 9.18. The van der Waals surface area contributed by atoms with Gasteiger partial charge in [-0.15, -0.1) is 0 Å². The molecule has 2 aliphatic heterocycles. The van der Waals surface area contributed by atoms with Crippen molar-refractivity contribution in [2.24, 2.45) is 0 Å². The van der Waals surface area contributed by atoms with Crippen molar-refractivity contribution < 1.29 is 38.1 Å². The zero-order chi connectivity index (χ0) is 48.0. The second-order valence-electron chi connectivity index (χ2n) is 14.2. The zero-order valence-electron chi connectivity index (χ0n) is 33.7. The lowest BCUT2D eigenvalue weighted by Gasteiger charge is -2.08. The number of rotatable bonds is 8. The summed E-state index contributed by atoms with van der Waals surface area (Å²) in [4.78, 5) is 73.0. The summed E-state index contributed by atoms with van der Waals surface area (Å²) in [5.41, 5.74) is 1.71. The van der Waals surface area contributed by atoms with E-state index < -0.39 is 23.9 Å². The molecule has 68 heavy (non-hydrogen) atoms. The van der Waals surface area contributed by atoms with E-state index in [0.29, 0.717) is 17.9 Å². The Labute approximate surface area is 452 Å². The highest BCUT2D eigenvalue weighted by atomic mass is 79.9. The molecule has 0 radical (unpaired) electrons. The molecule has 0 saturated heterocycles. The first-order valence-corrected chi connectivity index (χ1v) is 25.8. The van der Waals surface area contributed by atoms with Gasteiger partial charge >= 0.3 is 23.9 Å². The number of nitrogens with zero attached hydrogens (tertiary/aromatic N) is 2. The lowest BCUT2D eigenvalue weighted by molar-refractivity contribution is 0.0726. The van der Waals surface area contributed by atoms with Crippen LogP contribution in [-0.4, -0.2) is 43.8 Å². The molecule has 0 amide bonds. The molecular formula is C48H22Br8N4O8. The summed E-state index contributed by atoms with van der Waals surface area (Å²) in [6.07, 6.45) is 0. The van der Waals surface area contributed by atoms with Crippen molar-refractivity contribution in [3.05, 3.63) is 184 Å². The lowest BCUT2D eigenvalue weighted by atomic mass is 10.2. The maximum Gasteiger partial charge on any atom is 0.343 e. The molecule has 0 aliphatic carbocycles. The Kier molecular flexibility index (Phi) is 14.4. The lowest BCUT2D eigenvalue weighted by Crippen LogP contribution is -2.10. The monoisotopic (exact) mass is 1410 g/mol. The quantitative estimate of drug-likeness (QED) is 0.140. The van der Waals surface area contributed by atoms with E-state index >= 15 is 0 Å². The number of hydrogen-bond acceptors (Lipinski definition) is 10. The number of H-pyrrole nitrogens is 2. The molecule has 0 unspecified atom stereocenters. The number of benzene rings is 4. The van der Waals surface area contributed by atoms with Crippen molar-refractivity contribution in [1.82, 2.24) is 19.9 Å². The molecule has 5 heterocycles. The standard InChI is InChI=1S/C48H22Br8N4O8/c49-25-27(51)35-42(66-46(62)22-15-7-2-8-16-22)37-29(53)31(55)39(59-37)44(68-48(64)24-19-11-4-12-20-24)40-32(56)30(54)38(60-40)43(67-47(63)23-17-9-3-10-18-23)36-28(52)26(50)34(58-36)41(33(25)57-35)65-45(61)21-13-5-1-6-14-21/h1-20,57,60H. The van der Waals surface area contributed by atoms with Gasteiger partial charge < -0.3 is 28.9 Å². The summed E-state index contributed by atoms with van der Waals surface area (Å²) in [7, 11) is 0. The third-order valence-electron chi connectivity index (χ3n) is 10.0. The predicted octanol–water partition coefficient (Wildman–Crippen LogP) is 15.5. The van der Waals surface area contributed by atoms with Crippen LogP contribution in [0.3, 0.4) is 0 Å². The summed E-state index contributed by atoms with van der Waals surface area (Å²) < 4.78 is 27.5. The SMILES string of the molecule is O=C(Oc1c2nc(c(OC(=O)c3ccccc3)c3[nH]c(c(Br)c3Br)c(OC(=O)c3ccccc3)c3nc(c(OC(=O)c4ccccc4)c4[nH]c1c(Br)c4Br)C(Br)=C3Br)C(Br)=C2Br)c1ccccc1. The van der Waals surface area contributed by atoms with Crippen LogP contribution < -0.4 is 18.9 Å². The third-order valence-corrected chi connectivity index (χ3v) is 18.4. The normalized spacial score (nSPS) is 12.2. The van der Waals surface area contributed by atoms with E-state index in [1.807, 2.05) is 0 Å². The number of hydrogen-bond donors (Lipinski definition) is 2. The molecule has 0 fully saturated rings. The van der Waals surface area contributed by atoms with E-state index in [1.165, 1.54) is 0 Å². The van der Waals surface area contributed by atoms with Crippen LogP contribution in [0, 0.1) is 0 Å². The molecule has 3 aromatic heterocycles. The Morgan fingerprint density at radius 2 is 0.515 bits per heavy atom. The van der Waals surface area contributed by atoms with Gasteiger partial charge in [-0.25, -0.2) is 29.1 Å². The van der Waals surface area contributed by atoms with Crippen molar-refractivity contribution in [2.45, 2.75) is 0 Å². The molecule has 0 atom stereocenters. The Balaban J connectivity index is 1.47. The van der Waals surface area contributed by atoms with Crippen LogP contribution in [0.1, 0.15) is 64.2 Å². The van der Waals surface area contributed by atoms with E-state index in [9.17, 15) is 19.2 Å². The molecule has 338 valence electrons. The largest absolute Gasteiger partial charge is 0.418 e. The van der Waals surface area contributed by atoms with Crippen LogP contribution in [-0.2, 0) is 0 Å². The van der Waals surface area contributed by atoms with Crippen molar-refractivity contribution in [1.29, 1.82) is 0 Å². The molecule has 0 saturated carbocycles. The number of halogens is 8. The van der Waals surface area contributed by atoms with Crippen molar-refractivity contribution in [3.63, 3.8) is 0 Å². The first kappa shape index (κ1) is 48.2. The van der Waals surface area contributed by atoms with Gasteiger partial charge in [-0.3, -0.25) is 0 Å². The van der Waals surface area contributed by atoms with Crippen molar-refractivity contribution in [2.75, 3.05) is 0 Å². The first-order chi connectivity index (χ1) is 32.7. The molecule has 2 aliphatic rings. The van der Waals surface area contributed by atoms with E-state index in [0.717, 1.165) is 0 Å². The molecule has 2 N–H and O–H groups in total. The second-order valence-corrected chi connectivity index (χ2v) is 20.6. The number of nitrogens with one attached hydrogen (secondary N) is 2. The molecule has 20 heteroatoms. The molecule has 4 aromatic carbocycles. The Morgan fingerprint density at radius 1 is 0.324 bits per heavy atom. The Hall–Kier alpha value is -4.80. The Morgan fingerprint density at radius 3 is 0.706 bits per heavy atom. The van der Waals surface area contributed by atoms with Crippen LogP contribution in [0.15, 0.2) is 139 Å². The van der Waals surface area contributed by atoms with Gasteiger partial charge in [-0.05, 0) is 176 Å². The molecule has 9 rings (SSSR count). The van der Waals surface area contributed by atoms with Gasteiger partial charge in [0.25, 0.3) is 0 Å². The number of carbonyl (C=O) groups excluding carboxylic acids is 4. The maximum absolute atomic E-state index is 14.1. The minimum absolute atomic E-state index is 0.0593. The van der Waals surface area contributed by atoms with Gasteiger partial charge in [0.15, 0.2) is 23.0 Å². The fourth-order valence-corrected chi connectivity index (χ4v) is 10.5. The van der Waals surface area contributed by atoms with Gasteiger partial charge in [0, 0.05) is 0 Å². The van der Waals surface area contributed by atoms with Crippen LogP contribution >= 0.6 is 127 Å². The number of ether oxygens (including phenoxy) is 4. The van der Waals surface area contributed by atoms with Crippen LogP contribution in [0.4, 0.5) is 0 Å². The summed E-state index contributed by atoms with van der Waals surface area (Å²) in [6, 6.07) is 33.3. The highest BCUT2D eigenvalue weighted by Gasteiger charge is 2.34. The predicted molar refractivity (Wildman–Crippen MR) is 287 cm³/mol. The van der Waals surface area contributed by atoms with Crippen LogP contribution in [0.2, 0.25) is 0 Å². The van der Waals surface area contributed by atoms with Gasteiger partial charge in [0.1, 0.15) is 44.8 Å². The number of aromatic nitrogens is 4. The van der Waals surface area contributed by atoms with Gasteiger partial charge in [0.2, 0.25) is 0 Å². The molecule has 8 bridgehead atoms. The van der Waals surface area contributed by atoms with Crippen LogP contribution in [0.25, 0.3) is 40.0 Å². The number of aromatic amines is 2. The summed E-state index contributed by atoms with van der Waals surface area (Å²) in [5.74, 6) is -3.44. The van der Waals surface area contributed by atoms with Gasteiger partial charge in [0.05, 0.1) is 58.1 Å². The average Bonchev–Trinajstić information content (AvgIpc) is 4.04. The highest BCUT2D eigenvalue weighted by Crippen LogP contribution is 2.53. The summed E-state index contributed by atoms with van der Waals surface area (Å²) in [5, 5.41) is 0. The number of carbonyl (C=O) groups is 4. The first-order valence-electron chi connectivity index (χ1n) is 19.5. The second kappa shape index (κ2) is 20.3. The van der Waals surface area contributed by atoms with E-state index in [4.69, 9.17) is 28.9 Å². The number of fused-ring (bicyclic) bond motifs is 8. The smallest absolute Gasteiger partial charge is 0.343 e. The summed E-state index contributed by atoms with van der Waals surface area (Å²) in [6.45, 7) is 0. The summed E-state index contributed by atoms with van der Waals surface area (Å²) >= 11 is 29.5. The minimum Gasteiger partial charge on any atom is -0.418 e. The van der Waals surface area contributed by atoms with Crippen molar-refractivity contribution >= 4 is 191 Å². The Bertz CT molecular complexity index is 3060. The van der Waals surface area contributed by atoms with Crippen molar-refractivity contribution in [3.8, 4) is 23.0 Å². The van der Waals surface area contributed by atoms with Gasteiger partial charge in [-0.2, -0.15) is 0 Å². The molecule has 7 aromatic rings.